The average molecular weight is 500 g/mol. The minimum Gasteiger partial charge on any atom is -0.370 e. The van der Waals surface area contributed by atoms with E-state index in [1.165, 1.54) is 12.1 Å². The summed E-state index contributed by atoms with van der Waals surface area (Å²) in [5, 5.41) is 13.1. The third-order valence-corrected chi connectivity index (χ3v) is 5.68. The highest BCUT2D eigenvalue weighted by Gasteiger charge is 2.12. The molecule has 0 fully saturated rings. The van der Waals surface area contributed by atoms with Gasteiger partial charge in [0.1, 0.15) is 0 Å². The molecule has 1 aromatic heterocycles. The van der Waals surface area contributed by atoms with Gasteiger partial charge in [0.2, 0.25) is 0 Å². The number of halogens is 2. The lowest BCUT2D eigenvalue weighted by atomic mass is 9.98. The summed E-state index contributed by atoms with van der Waals surface area (Å²) in [6.45, 7) is 0.310. The second-order valence-corrected chi connectivity index (χ2v) is 8.47. The Morgan fingerprint density at radius 3 is 2.14 bits per heavy atom. The summed E-state index contributed by atoms with van der Waals surface area (Å²) in [6, 6.07) is 25.2. The van der Waals surface area contributed by atoms with E-state index in [0.29, 0.717) is 27.7 Å². The van der Waals surface area contributed by atoms with Crippen LogP contribution in [0.3, 0.4) is 0 Å². The Bertz CT molecular complexity index is 1420. The molecule has 4 aromatic rings. The molecule has 8 heteroatoms. The second-order valence-electron chi connectivity index (χ2n) is 7.60. The van der Waals surface area contributed by atoms with Gasteiger partial charge in [-0.1, -0.05) is 47.5 Å². The summed E-state index contributed by atoms with van der Waals surface area (Å²) in [5.41, 5.74) is 11.2. The minimum absolute atomic E-state index is 0.0193. The Kier molecular flexibility index (Phi) is 7.41. The van der Waals surface area contributed by atoms with Crippen LogP contribution in [0.1, 0.15) is 21.5 Å². The number of hydrogen-bond donors (Lipinski definition) is 2. The van der Waals surface area contributed by atoms with Crippen LogP contribution in [0.15, 0.2) is 90.1 Å². The van der Waals surface area contributed by atoms with Crippen LogP contribution in [0.25, 0.3) is 22.4 Å². The zero-order valence-electron chi connectivity index (χ0n) is 18.4. The van der Waals surface area contributed by atoms with Gasteiger partial charge in [0.05, 0.1) is 17.3 Å². The highest BCUT2D eigenvalue weighted by Crippen LogP contribution is 2.32. The van der Waals surface area contributed by atoms with Crippen LogP contribution in [0.5, 0.6) is 0 Å². The molecule has 0 saturated heterocycles. The maximum atomic E-state index is 12.3. The molecule has 35 heavy (non-hydrogen) atoms. The fraction of sp³-hybridized carbons (Fsp3) is 0.0370. The van der Waals surface area contributed by atoms with Crippen molar-refractivity contribution >= 4 is 35.1 Å². The first-order chi connectivity index (χ1) is 16.9. The van der Waals surface area contributed by atoms with Crippen molar-refractivity contribution in [1.82, 2.24) is 10.3 Å². The molecule has 0 saturated carbocycles. The number of aromatic nitrogens is 1. The van der Waals surface area contributed by atoms with Crippen molar-refractivity contribution in [2.24, 2.45) is 10.7 Å². The first-order valence-corrected chi connectivity index (χ1v) is 11.3. The van der Waals surface area contributed by atoms with E-state index in [0.717, 1.165) is 27.9 Å². The lowest BCUT2D eigenvalue weighted by Crippen LogP contribution is -2.32. The van der Waals surface area contributed by atoms with Gasteiger partial charge < -0.3 is 11.1 Å². The third kappa shape index (κ3) is 6.04. The molecule has 0 aliphatic heterocycles. The molecule has 0 unspecified atom stereocenters. The molecule has 172 valence electrons. The minimum atomic E-state index is -0.502. The van der Waals surface area contributed by atoms with E-state index < -0.39 is 5.91 Å². The van der Waals surface area contributed by atoms with Crippen LogP contribution >= 0.6 is 23.2 Å². The first kappa shape index (κ1) is 24.0. The second kappa shape index (κ2) is 10.8. The highest BCUT2D eigenvalue weighted by atomic mass is 35.5. The zero-order valence-corrected chi connectivity index (χ0v) is 19.9. The molecular weight excluding hydrogens is 481 g/mol. The van der Waals surface area contributed by atoms with E-state index in [1.54, 1.807) is 18.3 Å². The molecular formula is C27H19Cl2N5O. The summed E-state index contributed by atoms with van der Waals surface area (Å²) in [7, 11) is 0. The van der Waals surface area contributed by atoms with E-state index in [4.69, 9.17) is 39.2 Å². The number of hydrogen-bond acceptors (Lipinski definition) is 3. The molecule has 0 bridgehead atoms. The van der Waals surface area contributed by atoms with Crippen molar-refractivity contribution < 1.29 is 4.79 Å². The van der Waals surface area contributed by atoms with Crippen molar-refractivity contribution in [2.45, 2.75) is 6.54 Å². The summed E-state index contributed by atoms with van der Waals surface area (Å²) in [6.07, 6.45) is 1.74. The number of nitrogens with zero attached hydrogens (tertiary/aromatic N) is 3. The van der Waals surface area contributed by atoms with Gasteiger partial charge in [-0.05, 0) is 65.7 Å². The van der Waals surface area contributed by atoms with Crippen molar-refractivity contribution in [1.29, 1.82) is 5.26 Å². The lowest BCUT2D eigenvalue weighted by Gasteiger charge is -2.13. The van der Waals surface area contributed by atoms with Crippen LogP contribution in [-0.2, 0) is 6.54 Å². The standard InChI is InChI=1S/C27H19Cl2N5O/c28-22-9-5-19(6-10-22)24-13-18(15-32-25(24)20-7-11-23(29)12-8-20)16-33-27(31)34-26(35)21-3-1-17(14-30)2-4-21/h1-13,15H,16H2,(H3,31,33,34,35). The Labute approximate surface area is 212 Å². The fourth-order valence-electron chi connectivity index (χ4n) is 3.39. The van der Waals surface area contributed by atoms with Gasteiger partial charge in [-0.15, -0.1) is 0 Å². The number of rotatable bonds is 5. The average Bonchev–Trinajstić information content (AvgIpc) is 2.88. The smallest absolute Gasteiger partial charge is 0.280 e. The highest BCUT2D eigenvalue weighted by molar-refractivity contribution is 6.31. The predicted molar refractivity (Wildman–Crippen MR) is 139 cm³/mol. The van der Waals surface area contributed by atoms with Gasteiger partial charge in [0.25, 0.3) is 5.91 Å². The first-order valence-electron chi connectivity index (χ1n) is 10.6. The van der Waals surface area contributed by atoms with Crippen LogP contribution in [0.2, 0.25) is 10.0 Å². The van der Waals surface area contributed by atoms with Gasteiger partial charge >= 0.3 is 0 Å². The summed E-state index contributed by atoms with van der Waals surface area (Å²) < 4.78 is 0. The molecule has 0 atom stereocenters. The van der Waals surface area contributed by atoms with E-state index >= 15 is 0 Å². The quantitative estimate of drug-likeness (QED) is 0.265. The Balaban J connectivity index is 1.56. The normalized spacial score (nSPS) is 11.1. The number of aliphatic imine (C=N–C) groups is 1. The van der Waals surface area contributed by atoms with Crippen LogP contribution in [0.4, 0.5) is 0 Å². The molecule has 3 N–H and O–H groups in total. The monoisotopic (exact) mass is 499 g/mol. The van der Waals surface area contributed by atoms with E-state index in [-0.39, 0.29) is 5.96 Å². The van der Waals surface area contributed by atoms with Gasteiger partial charge in [-0.2, -0.15) is 10.3 Å². The van der Waals surface area contributed by atoms with E-state index in [1.807, 2.05) is 60.7 Å². The number of pyridine rings is 1. The molecule has 0 aliphatic rings. The molecule has 0 spiro atoms. The zero-order chi connectivity index (χ0) is 24.8. The van der Waals surface area contributed by atoms with E-state index in [9.17, 15) is 4.79 Å². The number of nitrogens with two attached hydrogens (primary N) is 1. The van der Waals surface area contributed by atoms with Crippen molar-refractivity contribution in [3.8, 4) is 28.5 Å². The van der Waals surface area contributed by atoms with E-state index in [2.05, 4.69) is 10.3 Å². The van der Waals surface area contributed by atoms with Gasteiger partial charge in [-0.25, -0.2) is 0 Å². The lowest BCUT2D eigenvalue weighted by molar-refractivity contribution is 0.100. The number of nitrogens with one attached hydrogen (secondary N) is 1. The van der Waals surface area contributed by atoms with Crippen molar-refractivity contribution in [3.05, 3.63) is 112 Å². The molecule has 0 radical (unpaired) electrons. The van der Waals surface area contributed by atoms with Crippen molar-refractivity contribution in [3.63, 3.8) is 0 Å². The molecule has 4 rings (SSSR count). The number of guanidine groups is 1. The van der Waals surface area contributed by atoms with Crippen LogP contribution < -0.4 is 11.1 Å². The van der Waals surface area contributed by atoms with Gasteiger partial charge in [-0.3, -0.25) is 9.78 Å². The predicted octanol–water partition coefficient (Wildman–Crippen LogP) is 5.84. The third-order valence-electron chi connectivity index (χ3n) is 5.17. The summed E-state index contributed by atoms with van der Waals surface area (Å²) in [4.78, 5) is 20.9. The molecule has 0 aliphatic carbocycles. The summed E-state index contributed by atoms with van der Waals surface area (Å²) in [5.74, 6) is -0.522. The number of nitriles is 1. The van der Waals surface area contributed by atoms with Crippen molar-refractivity contribution in [2.75, 3.05) is 0 Å². The Morgan fingerprint density at radius 2 is 1.54 bits per heavy atom. The topological polar surface area (TPSA) is 104 Å². The Morgan fingerprint density at radius 1 is 0.943 bits per heavy atom. The molecule has 6 nitrogen and oxygen atoms in total. The molecule has 3 aromatic carbocycles. The summed E-state index contributed by atoms with van der Waals surface area (Å²) >= 11 is 12.1. The van der Waals surface area contributed by atoms with Crippen LogP contribution in [0, 0.1) is 11.3 Å². The SMILES string of the molecule is N#Cc1ccc(C(=O)/N=C(/N)NCc2cnc(-c3ccc(Cl)cc3)c(-c3ccc(Cl)cc3)c2)cc1. The maximum Gasteiger partial charge on any atom is 0.280 e. The number of carbonyl (C=O) groups is 1. The Hall–Kier alpha value is -4.18. The van der Waals surface area contributed by atoms with Gasteiger partial charge in [0.15, 0.2) is 5.96 Å². The molecule has 1 amide bonds. The fourth-order valence-corrected chi connectivity index (χ4v) is 3.64. The molecule has 1 heterocycles. The van der Waals surface area contributed by atoms with Gasteiger partial charge in [0, 0.05) is 39.5 Å². The number of benzene rings is 3. The van der Waals surface area contributed by atoms with Crippen LogP contribution in [-0.4, -0.2) is 16.9 Å². The number of amides is 1. The maximum absolute atomic E-state index is 12.3. The largest absolute Gasteiger partial charge is 0.370 e. The number of carbonyl (C=O) groups excluding carboxylic acids is 1.